The van der Waals surface area contributed by atoms with E-state index in [0.29, 0.717) is 64.0 Å². The van der Waals surface area contributed by atoms with E-state index >= 15 is 0 Å². The fourth-order valence-corrected chi connectivity index (χ4v) is 5.00. The van der Waals surface area contributed by atoms with Gasteiger partial charge in [0.05, 0.1) is 41.9 Å². The summed E-state index contributed by atoms with van der Waals surface area (Å²) in [6.45, 7) is 5.72. The van der Waals surface area contributed by atoms with E-state index in [4.69, 9.17) is 37.4 Å². The minimum atomic E-state index is -0.576. The molecule has 1 aromatic carbocycles. The van der Waals surface area contributed by atoms with Gasteiger partial charge in [-0.2, -0.15) is 0 Å². The van der Waals surface area contributed by atoms with Crippen LogP contribution in [0.25, 0.3) is 0 Å². The van der Waals surface area contributed by atoms with Gasteiger partial charge in [-0.1, -0.05) is 23.2 Å². The van der Waals surface area contributed by atoms with E-state index in [1.165, 1.54) is 0 Å². The molecule has 1 aliphatic heterocycles. The minimum absolute atomic E-state index is 0.150. The van der Waals surface area contributed by atoms with Gasteiger partial charge in [-0.15, -0.1) is 11.3 Å². The molecule has 1 saturated heterocycles. The van der Waals surface area contributed by atoms with Crippen molar-refractivity contribution < 1.29 is 28.6 Å². The molecular weight excluding hydrogens is 503 g/mol. The van der Waals surface area contributed by atoms with Crippen molar-refractivity contribution in [3.05, 3.63) is 44.2 Å². The molecule has 0 atom stereocenters. The van der Waals surface area contributed by atoms with Crippen LogP contribution in [0.4, 0.5) is 5.00 Å². The Bertz CT molecular complexity index is 1050. The zero-order valence-electron chi connectivity index (χ0n) is 18.9. The van der Waals surface area contributed by atoms with Crippen LogP contribution in [0.5, 0.6) is 5.75 Å². The highest BCUT2D eigenvalue weighted by atomic mass is 35.5. The number of nitrogens with zero attached hydrogens (tertiary/aromatic N) is 1. The average molecular weight is 529 g/mol. The molecule has 8 nitrogen and oxygen atoms in total. The van der Waals surface area contributed by atoms with Crippen LogP contribution in [0.15, 0.2) is 18.2 Å². The average Bonchev–Trinajstić information content (AvgIpc) is 3.13. The number of hydrogen-bond donors (Lipinski definition) is 1. The maximum atomic E-state index is 13.0. The van der Waals surface area contributed by atoms with Crippen LogP contribution in [0.3, 0.4) is 0 Å². The zero-order valence-corrected chi connectivity index (χ0v) is 21.3. The molecule has 34 heavy (non-hydrogen) atoms. The van der Waals surface area contributed by atoms with Crippen molar-refractivity contribution in [1.29, 1.82) is 0 Å². The largest absolute Gasteiger partial charge is 0.492 e. The Balaban J connectivity index is 1.66. The molecule has 0 unspecified atom stereocenters. The van der Waals surface area contributed by atoms with Gasteiger partial charge < -0.3 is 24.4 Å². The summed E-state index contributed by atoms with van der Waals surface area (Å²) >= 11 is 13.0. The van der Waals surface area contributed by atoms with Crippen molar-refractivity contribution in [1.82, 2.24) is 4.90 Å². The van der Waals surface area contributed by atoms with Gasteiger partial charge in [0, 0.05) is 24.5 Å². The van der Waals surface area contributed by atoms with Crippen LogP contribution in [-0.4, -0.2) is 62.2 Å². The van der Waals surface area contributed by atoms with Crippen molar-refractivity contribution >= 4 is 57.3 Å². The predicted molar refractivity (Wildman–Crippen MR) is 132 cm³/mol. The molecule has 0 spiro atoms. The highest BCUT2D eigenvalue weighted by Gasteiger charge is 2.29. The van der Waals surface area contributed by atoms with Crippen LogP contribution >= 0.6 is 34.5 Å². The van der Waals surface area contributed by atoms with E-state index in [9.17, 15) is 14.4 Å². The van der Waals surface area contributed by atoms with Gasteiger partial charge >= 0.3 is 5.97 Å². The highest BCUT2D eigenvalue weighted by Crippen LogP contribution is 2.35. The third-order valence-electron chi connectivity index (χ3n) is 5.07. The molecule has 2 aromatic rings. The first kappa shape index (κ1) is 26.3. The first-order valence-electron chi connectivity index (χ1n) is 10.9. The lowest BCUT2D eigenvalue weighted by molar-refractivity contribution is -0.116. The normalized spacial score (nSPS) is 13.5. The molecule has 0 bridgehead atoms. The van der Waals surface area contributed by atoms with Crippen molar-refractivity contribution in [2.45, 2.75) is 26.7 Å². The Kier molecular flexibility index (Phi) is 9.58. The van der Waals surface area contributed by atoms with Gasteiger partial charge in [0.25, 0.3) is 5.91 Å². The maximum absolute atomic E-state index is 13.0. The molecule has 2 heterocycles. The number of benzene rings is 1. The molecule has 2 amide bonds. The Hall–Kier alpha value is -2.33. The summed E-state index contributed by atoms with van der Waals surface area (Å²) in [4.78, 5) is 40.3. The Morgan fingerprint density at radius 2 is 1.94 bits per heavy atom. The van der Waals surface area contributed by atoms with Crippen LogP contribution in [0.1, 0.15) is 45.4 Å². The molecule has 0 aliphatic carbocycles. The summed E-state index contributed by atoms with van der Waals surface area (Å²) in [6.07, 6.45) is 0.570. The first-order chi connectivity index (χ1) is 16.3. The van der Waals surface area contributed by atoms with Crippen LogP contribution in [-0.2, 0) is 14.3 Å². The Morgan fingerprint density at radius 3 is 2.62 bits per heavy atom. The van der Waals surface area contributed by atoms with E-state index in [1.54, 1.807) is 36.9 Å². The second kappa shape index (κ2) is 12.4. The first-order valence-corrected chi connectivity index (χ1v) is 12.4. The summed E-state index contributed by atoms with van der Waals surface area (Å²) in [5.41, 5.74) is 0.706. The lowest BCUT2D eigenvalue weighted by Crippen LogP contribution is -2.40. The third-order valence-corrected chi connectivity index (χ3v) is 6.80. The number of anilines is 1. The van der Waals surface area contributed by atoms with Crippen LogP contribution in [0, 0.1) is 6.92 Å². The summed E-state index contributed by atoms with van der Waals surface area (Å²) in [5, 5.41) is 3.97. The SMILES string of the molecule is CCOC(=O)c1c(NC(=O)CCCOc2ccc(Cl)cc2Cl)sc(C(=O)N2CCOCC2)c1C. The highest BCUT2D eigenvalue weighted by molar-refractivity contribution is 7.18. The number of esters is 1. The fraction of sp³-hybridized carbons (Fsp3) is 0.435. The minimum Gasteiger partial charge on any atom is -0.492 e. The predicted octanol–water partition coefficient (Wildman–Crippen LogP) is 4.81. The number of ether oxygens (including phenoxy) is 3. The lowest BCUT2D eigenvalue weighted by Gasteiger charge is -2.26. The van der Waals surface area contributed by atoms with Crippen molar-refractivity contribution in [3.63, 3.8) is 0 Å². The summed E-state index contributed by atoms with van der Waals surface area (Å²) in [7, 11) is 0. The lowest BCUT2D eigenvalue weighted by atomic mass is 10.1. The second-order valence-electron chi connectivity index (χ2n) is 7.46. The van der Waals surface area contributed by atoms with Crippen molar-refractivity contribution in [3.8, 4) is 5.75 Å². The van der Waals surface area contributed by atoms with Crippen LogP contribution in [0.2, 0.25) is 10.0 Å². The monoisotopic (exact) mass is 528 g/mol. The molecule has 1 aromatic heterocycles. The molecule has 11 heteroatoms. The van der Waals surface area contributed by atoms with Crippen molar-refractivity contribution in [2.75, 3.05) is 44.8 Å². The number of nitrogens with one attached hydrogen (secondary N) is 1. The molecule has 0 saturated carbocycles. The molecule has 184 valence electrons. The standard InChI is InChI=1S/C23H26Cl2N2O6S/c1-3-32-23(30)19-14(2)20(22(29)27-8-11-31-12-9-27)34-21(19)26-18(28)5-4-10-33-17-7-6-15(24)13-16(17)25/h6-7,13H,3-5,8-12H2,1-2H3,(H,26,28). The number of carbonyl (C=O) groups is 3. The van der Waals surface area contributed by atoms with Crippen LogP contribution < -0.4 is 10.1 Å². The van der Waals surface area contributed by atoms with E-state index in [2.05, 4.69) is 5.32 Å². The van der Waals surface area contributed by atoms with Gasteiger partial charge in [-0.3, -0.25) is 9.59 Å². The van der Waals surface area contributed by atoms with Gasteiger partial charge in [0.1, 0.15) is 10.8 Å². The van der Waals surface area contributed by atoms with Gasteiger partial charge in [-0.05, 0) is 44.0 Å². The quantitative estimate of drug-likeness (QED) is 0.370. The second-order valence-corrected chi connectivity index (χ2v) is 9.32. The number of amides is 2. The van der Waals surface area contributed by atoms with E-state index in [1.807, 2.05) is 0 Å². The topological polar surface area (TPSA) is 94.2 Å². The third kappa shape index (κ3) is 6.63. The molecule has 1 aliphatic rings. The molecule has 3 rings (SSSR count). The Labute approximate surface area is 212 Å². The maximum Gasteiger partial charge on any atom is 0.341 e. The van der Waals surface area contributed by atoms with Gasteiger partial charge in [-0.25, -0.2) is 4.79 Å². The number of rotatable bonds is 9. The molecular formula is C23H26Cl2N2O6S. The molecule has 1 N–H and O–H groups in total. The summed E-state index contributed by atoms with van der Waals surface area (Å²) in [5.74, 6) is -0.586. The number of morpholine rings is 1. The number of hydrogen-bond acceptors (Lipinski definition) is 7. The fourth-order valence-electron chi connectivity index (χ4n) is 3.36. The van der Waals surface area contributed by atoms with E-state index < -0.39 is 5.97 Å². The van der Waals surface area contributed by atoms with Gasteiger partial charge in [0.15, 0.2) is 0 Å². The zero-order chi connectivity index (χ0) is 24.7. The van der Waals surface area contributed by atoms with Crippen molar-refractivity contribution in [2.24, 2.45) is 0 Å². The van der Waals surface area contributed by atoms with E-state index in [-0.39, 0.29) is 37.0 Å². The molecule has 1 fully saturated rings. The van der Waals surface area contributed by atoms with Gasteiger partial charge in [0.2, 0.25) is 5.91 Å². The number of carbonyl (C=O) groups excluding carboxylic acids is 3. The number of halogens is 2. The smallest absolute Gasteiger partial charge is 0.341 e. The summed E-state index contributed by atoms with van der Waals surface area (Å²) < 4.78 is 16.1. The van der Waals surface area contributed by atoms with E-state index in [0.717, 1.165) is 11.3 Å². The number of thiophene rings is 1. The molecule has 0 radical (unpaired) electrons. The summed E-state index contributed by atoms with van der Waals surface area (Å²) in [6, 6.07) is 4.91. The Morgan fingerprint density at radius 1 is 1.21 bits per heavy atom.